The lowest BCUT2D eigenvalue weighted by atomic mass is 10.00. The Morgan fingerprint density at radius 2 is 2.06 bits per heavy atom. The van der Waals surface area contributed by atoms with E-state index in [1.807, 2.05) is 6.92 Å². The molecule has 94 valence electrons. The summed E-state index contributed by atoms with van der Waals surface area (Å²) in [6.07, 6.45) is 1.64. The van der Waals surface area contributed by atoms with Crippen LogP contribution < -0.4 is 5.73 Å². The number of phenolic OH excluding ortho intramolecular Hbond substituents is 2. The number of carboxylic acid groups (broad SMARTS) is 1. The van der Waals surface area contributed by atoms with Gasteiger partial charge in [-0.05, 0) is 18.1 Å². The van der Waals surface area contributed by atoms with E-state index in [-0.39, 0.29) is 17.9 Å². The summed E-state index contributed by atoms with van der Waals surface area (Å²) in [5.41, 5.74) is 6.62. The first-order chi connectivity index (χ1) is 7.95. The van der Waals surface area contributed by atoms with Crippen molar-refractivity contribution in [3.05, 3.63) is 23.3 Å². The van der Waals surface area contributed by atoms with Crippen molar-refractivity contribution in [2.45, 2.75) is 32.2 Å². The van der Waals surface area contributed by atoms with Crippen LogP contribution in [0.15, 0.2) is 12.1 Å². The molecule has 0 unspecified atom stereocenters. The molecule has 0 aliphatic rings. The van der Waals surface area contributed by atoms with E-state index in [2.05, 4.69) is 0 Å². The number of carbonyl (C=O) groups is 1. The van der Waals surface area contributed by atoms with Gasteiger partial charge in [-0.2, -0.15) is 0 Å². The van der Waals surface area contributed by atoms with Crippen molar-refractivity contribution in [3.63, 3.8) is 0 Å². The summed E-state index contributed by atoms with van der Waals surface area (Å²) in [4.78, 5) is 10.6. The van der Waals surface area contributed by atoms with Gasteiger partial charge < -0.3 is 21.1 Å². The molecule has 0 spiro atoms. The lowest BCUT2D eigenvalue weighted by Gasteiger charge is -2.11. The van der Waals surface area contributed by atoms with Gasteiger partial charge in [-0.1, -0.05) is 19.4 Å². The van der Waals surface area contributed by atoms with E-state index in [1.54, 1.807) is 6.07 Å². The summed E-state index contributed by atoms with van der Waals surface area (Å²) in [5, 5.41) is 27.9. The van der Waals surface area contributed by atoms with E-state index in [0.717, 1.165) is 18.4 Å². The first-order valence-electron chi connectivity index (χ1n) is 5.47. The topological polar surface area (TPSA) is 104 Å². The molecular formula is C12H17NO4. The van der Waals surface area contributed by atoms with Crippen molar-refractivity contribution in [3.8, 4) is 11.5 Å². The molecule has 0 saturated heterocycles. The Balaban J connectivity index is 3.00. The molecule has 5 heteroatoms. The maximum atomic E-state index is 10.6. The second-order valence-corrected chi connectivity index (χ2v) is 4.02. The molecule has 0 bridgehead atoms. The standard InChI is InChI=1S/C12H17NO4/c1-2-3-7-4-8(6-9(13)12(16)17)11(15)10(14)5-7/h4-5,9,14-15H,2-3,6,13H2,1H3,(H,16,17)/t9-/m0/s1. The summed E-state index contributed by atoms with van der Waals surface area (Å²) in [6, 6.07) is 2.08. The van der Waals surface area contributed by atoms with E-state index in [0.29, 0.717) is 5.56 Å². The normalized spacial score (nSPS) is 12.4. The fraction of sp³-hybridized carbons (Fsp3) is 0.417. The predicted octanol–water partition coefficient (Wildman–Crippen LogP) is 1.00. The van der Waals surface area contributed by atoms with Crippen LogP contribution in [0.2, 0.25) is 0 Å². The lowest BCUT2D eigenvalue weighted by molar-refractivity contribution is -0.138. The maximum Gasteiger partial charge on any atom is 0.320 e. The molecule has 1 aromatic rings. The molecule has 1 rings (SSSR count). The minimum atomic E-state index is -1.13. The van der Waals surface area contributed by atoms with E-state index in [1.165, 1.54) is 6.07 Å². The minimum absolute atomic E-state index is 0.00766. The molecule has 0 radical (unpaired) electrons. The van der Waals surface area contributed by atoms with Crippen molar-refractivity contribution in [1.82, 2.24) is 0 Å². The van der Waals surface area contributed by atoms with Crippen LogP contribution in [0.4, 0.5) is 0 Å². The minimum Gasteiger partial charge on any atom is -0.504 e. The van der Waals surface area contributed by atoms with Crippen molar-refractivity contribution in [1.29, 1.82) is 0 Å². The highest BCUT2D eigenvalue weighted by Crippen LogP contribution is 2.31. The molecule has 5 nitrogen and oxygen atoms in total. The maximum absolute atomic E-state index is 10.6. The average molecular weight is 239 g/mol. The van der Waals surface area contributed by atoms with E-state index in [4.69, 9.17) is 10.8 Å². The highest BCUT2D eigenvalue weighted by atomic mass is 16.4. The Bertz CT molecular complexity index is 417. The SMILES string of the molecule is CCCc1cc(O)c(O)c(C[C@H](N)C(=O)O)c1. The van der Waals surface area contributed by atoms with Crippen molar-refractivity contribution < 1.29 is 20.1 Å². The Morgan fingerprint density at radius 3 is 2.59 bits per heavy atom. The van der Waals surface area contributed by atoms with E-state index in [9.17, 15) is 15.0 Å². The fourth-order valence-corrected chi connectivity index (χ4v) is 1.66. The van der Waals surface area contributed by atoms with Gasteiger partial charge >= 0.3 is 5.97 Å². The average Bonchev–Trinajstić information content (AvgIpc) is 2.25. The van der Waals surface area contributed by atoms with E-state index < -0.39 is 12.0 Å². The number of benzene rings is 1. The van der Waals surface area contributed by atoms with Crippen LogP contribution >= 0.6 is 0 Å². The first kappa shape index (κ1) is 13.3. The van der Waals surface area contributed by atoms with Crippen LogP contribution in [0.3, 0.4) is 0 Å². The zero-order valence-corrected chi connectivity index (χ0v) is 9.68. The number of aromatic hydroxyl groups is 2. The van der Waals surface area contributed by atoms with Crippen molar-refractivity contribution >= 4 is 5.97 Å². The number of rotatable bonds is 5. The third-order valence-electron chi connectivity index (χ3n) is 2.52. The number of phenols is 2. The van der Waals surface area contributed by atoms with Crippen LogP contribution in [-0.4, -0.2) is 27.3 Å². The van der Waals surface area contributed by atoms with E-state index >= 15 is 0 Å². The summed E-state index contributed by atoms with van der Waals surface area (Å²) in [5.74, 6) is -1.66. The Labute approximate surface area is 99.5 Å². The van der Waals surface area contributed by atoms with Crippen LogP contribution in [0, 0.1) is 0 Å². The first-order valence-corrected chi connectivity index (χ1v) is 5.47. The fourth-order valence-electron chi connectivity index (χ4n) is 1.66. The summed E-state index contributed by atoms with van der Waals surface area (Å²) >= 11 is 0. The quantitative estimate of drug-likeness (QED) is 0.574. The lowest BCUT2D eigenvalue weighted by Crippen LogP contribution is -2.32. The number of nitrogens with two attached hydrogens (primary N) is 1. The zero-order valence-electron chi connectivity index (χ0n) is 9.68. The van der Waals surface area contributed by atoms with Gasteiger partial charge in [0.15, 0.2) is 11.5 Å². The second kappa shape index (κ2) is 5.54. The molecule has 1 aromatic carbocycles. The molecule has 0 aliphatic heterocycles. The molecule has 17 heavy (non-hydrogen) atoms. The molecule has 1 atom stereocenters. The van der Waals surface area contributed by atoms with Gasteiger partial charge in [0.1, 0.15) is 6.04 Å². The largest absolute Gasteiger partial charge is 0.504 e. The molecule has 0 aromatic heterocycles. The highest BCUT2D eigenvalue weighted by molar-refractivity contribution is 5.73. The summed E-state index contributed by atoms with van der Waals surface area (Å²) < 4.78 is 0. The van der Waals surface area contributed by atoms with Gasteiger partial charge in [-0.25, -0.2) is 0 Å². The van der Waals surface area contributed by atoms with Gasteiger partial charge in [-0.15, -0.1) is 0 Å². The monoisotopic (exact) mass is 239 g/mol. The third-order valence-corrected chi connectivity index (χ3v) is 2.52. The molecule has 0 aliphatic carbocycles. The number of hydrogen-bond acceptors (Lipinski definition) is 4. The summed E-state index contributed by atoms with van der Waals surface area (Å²) in [6.45, 7) is 1.99. The van der Waals surface area contributed by atoms with Gasteiger partial charge in [0.05, 0.1) is 0 Å². The molecule has 0 amide bonds. The van der Waals surface area contributed by atoms with Crippen LogP contribution in [-0.2, 0) is 17.6 Å². The summed E-state index contributed by atoms with van der Waals surface area (Å²) in [7, 11) is 0. The van der Waals surface area contributed by atoms with Crippen LogP contribution in [0.25, 0.3) is 0 Å². The number of aryl methyl sites for hydroxylation is 1. The van der Waals surface area contributed by atoms with Crippen LogP contribution in [0.5, 0.6) is 11.5 Å². The molecule has 0 saturated carbocycles. The number of carboxylic acids is 1. The van der Waals surface area contributed by atoms with Crippen molar-refractivity contribution in [2.75, 3.05) is 0 Å². The van der Waals surface area contributed by atoms with Gasteiger partial charge in [0.25, 0.3) is 0 Å². The van der Waals surface area contributed by atoms with Crippen molar-refractivity contribution in [2.24, 2.45) is 5.73 Å². The van der Waals surface area contributed by atoms with Gasteiger partial charge in [0.2, 0.25) is 0 Å². The molecule has 0 heterocycles. The smallest absolute Gasteiger partial charge is 0.320 e. The molecular weight excluding hydrogens is 222 g/mol. The van der Waals surface area contributed by atoms with Crippen LogP contribution in [0.1, 0.15) is 24.5 Å². The predicted molar refractivity (Wildman–Crippen MR) is 63.1 cm³/mol. The highest BCUT2D eigenvalue weighted by Gasteiger charge is 2.17. The second-order valence-electron chi connectivity index (χ2n) is 4.02. The van der Waals surface area contributed by atoms with Gasteiger partial charge in [0, 0.05) is 12.0 Å². The Hall–Kier alpha value is -1.75. The van der Waals surface area contributed by atoms with Gasteiger partial charge in [-0.3, -0.25) is 4.79 Å². The molecule has 0 fully saturated rings. The number of aliphatic carboxylic acids is 1. The Kier molecular flexibility index (Phi) is 4.34. The molecule has 5 N–H and O–H groups in total. The zero-order chi connectivity index (χ0) is 13.0. The number of hydrogen-bond donors (Lipinski definition) is 4. The third kappa shape index (κ3) is 3.35. The Morgan fingerprint density at radius 1 is 1.41 bits per heavy atom.